The van der Waals surface area contributed by atoms with E-state index in [-0.39, 0.29) is 0 Å². The molecule has 1 fully saturated rings. The summed E-state index contributed by atoms with van der Waals surface area (Å²) >= 11 is 0. The molecule has 0 aromatic heterocycles. The van der Waals surface area contributed by atoms with Gasteiger partial charge in [0.15, 0.2) is 0 Å². The van der Waals surface area contributed by atoms with E-state index in [2.05, 4.69) is 43.4 Å². The molecule has 1 aliphatic heterocycles. The zero-order valence-corrected chi connectivity index (χ0v) is 8.79. The second kappa shape index (κ2) is 4.01. The van der Waals surface area contributed by atoms with Crippen LogP contribution < -0.4 is 5.32 Å². The molecule has 2 rings (SSSR count). The van der Waals surface area contributed by atoms with Crippen LogP contribution in [0, 0.1) is 0 Å². The summed E-state index contributed by atoms with van der Waals surface area (Å²) < 4.78 is 5.11. The first kappa shape index (κ1) is 9.53. The molecule has 0 spiro atoms. The molecule has 0 saturated carbocycles. The lowest BCUT2D eigenvalue weighted by molar-refractivity contribution is 0.0211. The van der Waals surface area contributed by atoms with Crippen LogP contribution in [0.2, 0.25) is 0 Å². The van der Waals surface area contributed by atoms with E-state index in [1.807, 2.05) is 0 Å². The van der Waals surface area contributed by atoms with Gasteiger partial charge in [0, 0.05) is 5.69 Å². The van der Waals surface area contributed by atoms with Crippen molar-refractivity contribution in [3.63, 3.8) is 0 Å². The maximum Gasteiger partial charge on any atom is 0.0728 e. The van der Waals surface area contributed by atoms with Gasteiger partial charge in [-0.2, -0.15) is 0 Å². The number of hydrogen-bond acceptors (Lipinski definition) is 2. The van der Waals surface area contributed by atoms with Crippen LogP contribution in [0.15, 0.2) is 24.3 Å². The first-order valence-corrected chi connectivity index (χ1v) is 5.20. The van der Waals surface area contributed by atoms with Crippen LogP contribution >= 0.6 is 0 Å². The Morgan fingerprint density at radius 2 is 1.86 bits per heavy atom. The van der Waals surface area contributed by atoms with Crippen LogP contribution in [-0.2, 0) is 4.74 Å². The molecule has 1 saturated heterocycles. The summed E-state index contributed by atoms with van der Waals surface area (Å²) in [4.78, 5) is 0. The highest BCUT2D eigenvalue weighted by Gasteiger charge is 2.17. The zero-order chi connectivity index (χ0) is 9.97. The van der Waals surface area contributed by atoms with Crippen molar-refractivity contribution >= 4 is 5.69 Å². The summed E-state index contributed by atoms with van der Waals surface area (Å²) in [5.74, 6) is 0.607. The maximum atomic E-state index is 5.11. The Balaban J connectivity index is 1.98. The molecule has 1 aromatic rings. The van der Waals surface area contributed by atoms with Gasteiger partial charge >= 0.3 is 0 Å². The lowest BCUT2D eigenvalue weighted by Gasteiger charge is -2.27. The second-order valence-corrected chi connectivity index (χ2v) is 4.16. The molecule has 1 heterocycles. The van der Waals surface area contributed by atoms with Gasteiger partial charge in [-0.3, -0.25) is 0 Å². The van der Waals surface area contributed by atoms with E-state index in [1.165, 1.54) is 11.3 Å². The summed E-state index contributed by atoms with van der Waals surface area (Å²) in [6.45, 7) is 6.10. The third-order valence-corrected chi connectivity index (χ3v) is 2.59. The SMILES string of the molecule is CC(C)c1ccc(NC2COC2)cc1. The number of hydrogen-bond donors (Lipinski definition) is 1. The summed E-state index contributed by atoms with van der Waals surface area (Å²) in [6, 6.07) is 9.18. The van der Waals surface area contributed by atoms with Crippen molar-refractivity contribution in [3.05, 3.63) is 29.8 Å². The highest BCUT2D eigenvalue weighted by atomic mass is 16.5. The summed E-state index contributed by atoms with van der Waals surface area (Å²) in [5, 5.41) is 3.42. The average molecular weight is 191 g/mol. The smallest absolute Gasteiger partial charge is 0.0728 e. The highest BCUT2D eigenvalue weighted by molar-refractivity contribution is 5.46. The number of ether oxygens (including phenoxy) is 1. The van der Waals surface area contributed by atoms with Gasteiger partial charge in [-0.05, 0) is 23.6 Å². The van der Waals surface area contributed by atoms with E-state index in [1.54, 1.807) is 0 Å². The van der Waals surface area contributed by atoms with Crippen LogP contribution in [-0.4, -0.2) is 19.3 Å². The van der Waals surface area contributed by atoms with Crippen molar-refractivity contribution in [1.82, 2.24) is 0 Å². The Hall–Kier alpha value is -1.02. The van der Waals surface area contributed by atoms with Gasteiger partial charge in [-0.1, -0.05) is 26.0 Å². The molecule has 2 heteroatoms. The molecule has 1 aromatic carbocycles. The van der Waals surface area contributed by atoms with E-state index in [0.717, 1.165) is 13.2 Å². The van der Waals surface area contributed by atoms with E-state index in [4.69, 9.17) is 4.74 Å². The van der Waals surface area contributed by atoms with Crippen LogP contribution in [0.1, 0.15) is 25.3 Å². The Labute approximate surface area is 85.3 Å². The second-order valence-electron chi connectivity index (χ2n) is 4.16. The van der Waals surface area contributed by atoms with Gasteiger partial charge in [-0.15, -0.1) is 0 Å². The van der Waals surface area contributed by atoms with Crippen LogP contribution in [0.4, 0.5) is 5.69 Å². The van der Waals surface area contributed by atoms with Gasteiger partial charge in [-0.25, -0.2) is 0 Å². The fraction of sp³-hybridized carbons (Fsp3) is 0.500. The standard InChI is InChI=1S/C12H17NO/c1-9(2)10-3-5-11(6-4-10)13-12-7-14-8-12/h3-6,9,12-13H,7-8H2,1-2H3. The molecule has 14 heavy (non-hydrogen) atoms. The molecule has 0 radical (unpaired) electrons. The van der Waals surface area contributed by atoms with Crippen molar-refractivity contribution in [3.8, 4) is 0 Å². The predicted octanol–water partition coefficient (Wildman–Crippen LogP) is 2.62. The monoisotopic (exact) mass is 191 g/mol. The molecule has 1 N–H and O–H groups in total. The van der Waals surface area contributed by atoms with Crippen molar-refractivity contribution in [2.45, 2.75) is 25.8 Å². The van der Waals surface area contributed by atoms with Gasteiger partial charge in [0.05, 0.1) is 19.3 Å². The fourth-order valence-electron chi connectivity index (χ4n) is 1.52. The van der Waals surface area contributed by atoms with E-state index >= 15 is 0 Å². The van der Waals surface area contributed by atoms with Gasteiger partial charge < -0.3 is 10.1 Å². The molecular formula is C12H17NO. The largest absolute Gasteiger partial charge is 0.378 e. The molecule has 0 aliphatic carbocycles. The van der Waals surface area contributed by atoms with E-state index in [0.29, 0.717) is 12.0 Å². The molecule has 76 valence electrons. The van der Waals surface area contributed by atoms with Crippen molar-refractivity contribution in [2.75, 3.05) is 18.5 Å². The molecule has 0 unspecified atom stereocenters. The summed E-state index contributed by atoms with van der Waals surface area (Å²) in [6.07, 6.45) is 0. The predicted molar refractivity (Wildman–Crippen MR) is 58.8 cm³/mol. The molecule has 2 nitrogen and oxygen atoms in total. The van der Waals surface area contributed by atoms with Gasteiger partial charge in [0.1, 0.15) is 0 Å². The Kier molecular flexibility index (Phi) is 2.73. The first-order chi connectivity index (χ1) is 6.75. The summed E-state index contributed by atoms with van der Waals surface area (Å²) in [7, 11) is 0. The molecule has 0 amide bonds. The average Bonchev–Trinajstić information content (AvgIpc) is 2.12. The normalized spacial score (nSPS) is 16.8. The lowest BCUT2D eigenvalue weighted by Crippen LogP contribution is -2.40. The molecular weight excluding hydrogens is 174 g/mol. The topological polar surface area (TPSA) is 21.3 Å². The minimum absolute atomic E-state index is 0.514. The Morgan fingerprint density at radius 1 is 1.21 bits per heavy atom. The number of nitrogens with one attached hydrogen (secondary N) is 1. The lowest BCUT2D eigenvalue weighted by atomic mass is 10.0. The number of benzene rings is 1. The van der Waals surface area contributed by atoms with Crippen molar-refractivity contribution in [1.29, 1.82) is 0 Å². The molecule has 0 bridgehead atoms. The molecule has 1 aliphatic rings. The van der Waals surface area contributed by atoms with Crippen molar-refractivity contribution < 1.29 is 4.74 Å². The third-order valence-electron chi connectivity index (χ3n) is 2.59. The minimum atomic E-state index is 0.514. The fourth-order valence-corrected chi connectivity index (χ4v) is 1.52. The Morgan fingerprint density at radius 3 is 2.29 bits per heavy atom. The highest BCUT2D eigenvalue weighted by Crippen LogP contribution is 2.18. The number of anilines is 1. The third kappa shape index (κ3) is 2.07. The summed E-state index contributed by atoms with van der Waals surface area (Å²) in [5.41, 5.74) is 2.59. The quantitative estimate of drug-likeness (QED) is 0.793. The van der Waals surface area contributed by atoms with Crippen LogP contribution in [0.25, 0.3) is 0 Å². The van der Waals surface area contributed by atoms with Crippen molar-refractivity contribution in [2.24, 2.45) is 0 Å². The Bertz CT molecular complexity index is 288. The molecule has 0 atom stereocenters. The zero-order valence-electron chi connectivity index (χ0n) is 8.79. The van der Waals surface area contributed by atoms with Gasteiger partial charge in [0.25, 0.3) is 0 Å². The van der Waals surface area contributed by atoms with Gasteiger partial charge in [0.2, 0.25) is 0 Å². The van der Waals surface area contributed by atoms with Crippen LogP contribution in [0.3, 0.4) is 0 Å². The van der Waals surface area contributed by atoms with E-state index in [9.17, 15) is 0 Å². The first-order valence-electron chi connectivity index (χ1n) is 5.20. The minimum Gasteiger partial charge on any atom is -0.378 e. The van der Waals surface area contributed by atoms with Crippen LogP contribution in [0.5, 0.6) is 0 Å². The maximum absolute atomic E-state index is 5.11. The van der Waals surface area contributed by atoms with E-state index < -0.39 is 0 Å². The number of rotatable bonds is 3.